The van der Waals surface area contributed by atoms with Crippen LogP contribution >= 0.6 is 0 Å². The predicted molar refractivity (Wildman–Crippen MR) is 49.8 cm³/mol. The molecule has 0 N–H and O–H groups in total. The Morgan fingerprint density at radius 2 is 1.64 bits per heavy atom. The molecule has 1 rings (SSSR count). The van der Waals surface area contributed by atoms with Gasteiger partial charge in [-0.05, 0) is 24.7 Å². The summed E-state index contributed by atoms with van der Waals surface area (Å²) in [5, 5.41) is 0. The minimum absolute atomic E-state index is 0.538. The second-order valence-corrected chi connectivity index (χ2v) is 3.63. The van der Waals surface area contributed by atoms with Crippen molar-refractivity contribution in [2.24, 2.45) is 5.41 Å². The summed E-state index contributed by atoms with van der Waals surface area (Å²) in [6.07, 6.45) is 3.80. The summed E-state index contributed by atoms with van der Waals surface area (Å²) in [5.74, 6) is 0. The van der Waals surface area contributed by atoms with E-state index >= 15 is 0 Å². The Bertz CT molecular complexity index is 76.9. The van der Waals surface area contributed by atoms with Crippen molar-refractivity contribution in [3.05, 3.63) is 0 Å². The zero-order chi connectivity index (χ0) is 8.74. The van der Waals surface area contributed by atoms with Crippen LogP contribution in [0.5, 0.6) is 0 Å². The average molecular weight is 158 g/mol. The van der Waals surface area contributed by atoms with Gasteiger partial charge in [0.1, 0.15) is 0 Å². The van der Waals surface area contributed by atoms with Gasteiger partial charge in [0.15, 0.2) is 0 Å². The van der Waals surface area contributed by atoms with Crippen LogP contribution in [0.2, 0.25) is 0 Å². The zero-order valence-electron chi connectivity index (χ0n) is 8.44. The first kappa shape index (κ1) is 11.0. The van der Waals surface area contributed by atoms with E-state index in [1.54, 1.807) is 0 Å². The fourth-order valence-electron chi connectivity index (χ4n) is 1.23. The Morgan fingerprint density at radius 1 is 1.00 bits per heavy atom. The molecule has 0 aromatic heterocycles. The molecule has 0 amide bonds. The summed E-state index contributed by atoms with van der Waals surface area (Å²) in [7, 11) is 0. The third-order valence-corrected chi connectivity index (χ3v) is 2.07. The molecule has 1 saturated heterocycles. The molecular formula is C10H22O. The molecule has 0 aromatic carbocycles. The standard InChI is InChI=1S/C8H16O.C2H6/c1-8(2)4-3-6-9-7-5-8;1-2/h3-7H2,1-2H3;1-2H3. The molecule has 0 bridgehead atoms. The van der Waals surface area contributed by atoms with Gasteiger partial charge in [-0.3, -0.25) is 0 Å². The van der Waals surface area contributed by atoms with Crippen LogP contribution < -0.4 is 0 Å². The highest BCUT2D eigenvalue weighted by molar-refractivity contribution is 4.69. The highest BCUT2D eigenvalue weighted by Crippen LogP contribution is 2.28. The Labute approximate surface area is 71.1 Å². The van der Waals surface area contributed by atoms with Gasteiger partial charge in [0.25, 0.3) is 0 Å². The van der Waals surface area contributed by atoms with Gasteiger partial charge in [-0.2, -0.15) is 0 Å². The third kappa shape index (κ3) is 5.25. The molecule has 0 aliphatic carbocycles. The second kappa shape index (κ2) is 5.59. The lowest BCUT2D eigenvalue weighted by Gasteiger charge is -2.20. The van der Waals surface area contributed by atoms with E-state index in [4.69, 9.17) is 4.74 Å². The van der Waals surface area contributed by atoms with Crippen LogP contribution in [0.25, 0.3) is 0 Å². The van der Waals surface area contributed by atoms with E-state index in [0.29, 0.717) is 5.41 Å². The van der Waals surface area contributed by atoms with E-state index in [2.05, 4.69) is 13.8 Å². The number of ether oxygens (including phenoxy) is 1. The lowest BCUT2D eigenvalue weighted by molar-refractivity contribution is 0.136. The van der Waals surface area contributed by atoms with Gasteiger partial charge in [-0.25, -0.2) is 0 Å². The van der Waals surface area contributed by atoms with Gasteiger partial charge in [0.2, 0.25) is 0 Å². The van der Waals surface area contributed by atoms with Crippen molar-refractivity contribution in [1.82, 2.24) is 0 Å². The highest BCUT2D eigenvalue weighted by atomic mass is 16.5. The van der Waals surface area contributed by atoms with Crippen LogP contribution in [-0.2, 0) is 4.74 Å². The molecule has 1 heteroatoms. The van der Waals surface area contributed by atoms with Crippen molar-refractivity contribution in [3.8, 4) is 0 Å². The fourth-order valence-corrected chi connectivity index (χ4v) is 1.23. The first-order chi connectivity index (χ1) is 5.21. The monoisotopic (exact) mass is 158 g/mol. The minimum Gasteiger partial charge on any atom is -0.381 e. The Morgan fingerprint density at radius 3 is 2.27 bits per heavy atom. The van der Waals surface area contributed by atoms with Gasteiger partial charge in [0, 0.05) is 13.2 Å². The van der Waals surface area contributed by atoms with Crippen molar-refractivity contribution < 1.29 is 4.74 Å². The van der Waals surface area contributed by atoms with Crippen molar-refractivity contribution >= 4 is 0 Å². The Balaban J connectivity index is 0.000000461. The van der Waals surface area contributed by atoms with Crippen LogP contribution in [0.3, 0.4) is 0 Å². The zero-order valence-corrected chi connectivity index (χ0v) is 8.44. The van der Waals surface area contributed by atoms with Crippen LogP contribution in [0.15, 0.2) is 0 Å². The lowest BCUT2D eigenvalue weighted by atomic mass is 9.85. The van der Waals surface area contributed by atoms with Gasteiger partial charge in [-0.1, -0.05) is 27.7 Å². The predicted octanol–water partition coefficient (Wildman–Crippen LogP) is 3.24. The van der Waals surface area contributed by atoms with Gasteiger partial charge < -0.3 is 4.74 Å². The van der Waals surface area contributed by atoms with Crippen molar-refractivity contribution in [2.45, 2.75) is 47.0 Å². The van der Waals surface area contributed by atoms with E-state index in [1.807, 2.05) is 13.8 Å². The first-order valence-corrected chi connectivity index (χ1v) is 4.78. The van der Waals surface area contributed by atoms with E-state index in [-0.39, 0.29) is 0 Å². The molecule has 0 unspecified atom stereocenters. The summed E-state index contributed by atoms with van der Waals surface area (Å²) < 4.78 is 5.33. The average Bonchev–Trinajstić information content (AvgIpc) is 2.17. The maximum atomic E-state index is 5.33. The molecule has 0 radical (unpaired) electrons. The molecular weight excluding hydrogens is 136 g/mol. The van der Waals surface area contributed by atoms with Gasteiger partial charge >= 0.3 is 0 Å². The van der Waals surface area contributed by atoms with Crippen LogP contribution in [0.1, 0.15) is 47.0 Å². The lowest BCUT2D eigenvalue weighted by Crippen LogP contribution is -2.10. The number of hydrogen-bond donors (Lipinski definition) is 0. The van der Waals surface area contributed by atoms with E-state index < -0.39 is 0 Å². The van der Waals surface area contributed by atoms with Crippen molar-refractivity contribution in [3.63, 3.8) is 0 Å². The smallest absolute Gasteiger partial charge is 0.0471 e. The summed E-state index contributed by atoms with van der Waals surface area (Å²) in [6, 6.07) is 0. The van der Waals surface area contributed by atoms with Crippen molar-refractivity contribution in [1.29, 1.82) is 0 Å². The molecule has 1 heterocycles. The quantitative estimate of drug-likeness (QED) is 0.526. The van der Waals surface area contributed by atoms with Crippen LogP contribution in [-0.4, -0.2) is 13.2 Å². The highest BCUT2D eigenvalue weighted by Gasteiger charge is 2.19. The number of hydrogen-bond acceptors (Lipinski definition) is 1. The minimum atomic E-state index is 0.538. The molecule has 68 valence electrons. The fraction of sp³-hybridized carbons (Fsp3) is 1.00. The molecule has 1 aliphatic rings. The van der Waals surface area contributed by atoms with Gasteiger partial charge in [-0.15, -0.1) is 0 Å². The normalized spacial score (nSPS) is 22.9. The molecule has 11 heavy (non-hydrogen) atoms. The summed E-state index contributed by atoms with van der Waals surface area (Å²) in [4.78, 5) is 0. The summed E-state index contributed by atoms with van der Waals surface area (Å²) in [5.41, 5.74) is 0.538. The molecule has 1 nitrogen and oxygen atoms in total. The SMILES string of the molecule is CC.CC1(C)CCCOCC1. The molecule has 0 aromatic rings. The third-order valence-electron chi connectivity index (χ3n) is 2.07. The topological polar surface area (TPSA) is 9.23 Å². The maximum absolute atomic E-state index is 5.33. The maximum Gasteiger partial charge on any atom is 0.0471 e. The molecule has 0 spiro atoms. The van der Waals surface area contributed by atoms with Gasteiger partial charge in [0.05, 0.1) is 0 Å². The summed E-state index contributed by atoms with van der Waals surface area (Å²) in [6.45, 7) is 10.6. The molecule has 1 aliphatic heterocycles. The Kier molecular flexibility index (Phi) is 5.57. The largest absolute Gasteiger partial charge is 0.381 e. The number of rotatable bonds is 0. The second-order valence-electron chi connectivity index (χ2n) is 3.63. The molecule has 1 fully saturated rings. The molecule has 0 atom stereocenters. The van der Waals surface area contributed by atoms with Crippen molar-refractivity contribution in [2.75, 3.05) is 13.2 Å². The molecule has 0 saturated carbocycles. The van der Waals surface area contributed by atoms with Crippen LogP contribution in [0, 0.1) is 5.41 Å². The van der Waals surface area contributed by atoms with E-state index in [1.165, 1.54) is 19.3 Å². The van der Waals surface area contributed by atoms with Crippen LogP contribution in [0.4, 0.5) is 0 Å². The Hall–Kier alpha value is -0.0400. The first-order valence-electron chi connectivity index (χ1n) is 4.78. The van der Waals surface area contributed by atoms with E-state index in [9.17, 15) is 0 Å². The summed E-state index contributed by atoms with van der Waals surface area (Å²) >= 11 is 0. The van der Waals surface area contributed by atoms with E-state index in [0.717, 1.165) is 13.2 Å².